The van der Waals surface area contributed by atoms with E-state index in [0.717, 1.165) is 34.0 Å². The number of benzene rings is 2. The molecule has 0 atom stereocenters. The molecule has 0 saturated heterocycles. The molecular weight excluding hydrogens is 458 g/mol. The monoisotopic (exact) mass is 481 g/mol. The average Bonchev–Trinajstić information content (AvgIpc) is 3.43. The third-order valence-corrected chi connectivity index (χ3v) is 6.39. The summed E-state index contributed by atoms with van der Waals surface area (Å²) in [7, 11) is 3.60. The van der Waals surface area contributed by atoms with Crippen molar-refractivity contribution in [2.24, 2.45) is 13.0 Å². The van der Waals surface area contributed by atoms with Gasteiger partial charge in [0.15, 0.2) is 5.82 Å². The fraction of sp³-hybridized carbons (Fsp3) is 0.333. The maximum atomic E-state index is 12.3. The Balaban J connectivity index is 1.72. The molecule has 1 saturated carbocycles. The van der Waals surface area contributed by atoms with E-state index in [-0.39, 0.29) is 5.97 Å². The molecule has 0 N–H and O–H groups in total. The molecule has 0 aliphatic heterocycles. The molecule has 1 aliphatic rings. The van der Waals surface area contributed by atoms with Gasteiger partial charge in [0.25, 0.3) is 0 Å². The van der Waals surface area contributed by atoms with Gasteiger partial charge in [0.05, 0.1) is 30.5 Å². The normalized spacial score (nSPS) is 13.8. The van der Waals surface area contributed by atoms with Crippen LogP contribution in [0.15, 0.2) is 40.9 Å². The van der Waals surface area contributed by atoms with E-state index < -0.39 is 0 Å². The number of hydrogen-bond acceptors (Lipinski definition) is 4. The van der Waals surface area contributed by atoms with Crippen LogP contribution in [0.3, 0.4) is 0 Å². The first kappa shape index (κ1) is 20.1. The van der Waals surface area contributed by atoms with Crippen molar-refractivity contribution in [1.29, 1.82) is 0 Å². The van der Waals surface area contributed by atoms with E-state index in [1.807, 2.05) is 7.05 Å². The number of imidazole rings is 1. The van der Waals surface area contributed by atoms with Gasteiger partial charge in [-0.2, -0.15) is 0 Å². The molecule has 31 heavy (non-hydrogen) atoms. The molecule has 0 amide bonds. The summed E-state index contributed by atoms with van der Waals surface area (Å²) in [6, 6.07) is 12.1. The number of carbonyl (C=O) groups is 1. The standard InChI is InChI=1S/C24H24BrN3O3/c1-4-31-24(29)16-10-18-22(21(12-16)30-3)27(2)23(26-18)20-11-15-9-17(25)7-8-19(15)28(20)13-14-5-6-14/h7-12,14H,4-6,13H2,1-3H3. The van der Waals surface area contributed by atoms with Crippen molar-refractivity contribution in [2.45, 2.75) is 26.3 Å². The highest BCUT2D eigenvalue weighted by Gasteiger charge is 2.26. The third-order valence-electron chi connectivity index (χ3n) is 5.90. The fourth-order valence-corrected chi connectivity index (χ4v) is 4.59. The Kier molecular flexibility index (Phi) is 5.01. The number of carbonyl (C=O) groups excluding carboxylic acids is 1. The zero-order chi connectivity index (χ0) is 21.7. The molecule has 6 nitrogen and oxygen atoms in total. The summed E-state index contributed by atoms with van der Waals surface area (Å²) in [5.41, 5.74) is 4.28. The van der Waals surface area contributed by atoms with Gasteiger partial charge in [0, 0.05) is 29.0 Å². The predicted octanol–water partition coefficient (Wildman–Crippen LogP) is 5.55. The Labute approximate surface area is 188 Å². The lowest BCUT2D eigenvalue weighted by Gasteiger charge is -2.11. The van der Waals surface area contributed by atoms with E-state index in [2.05, 4.69) is 49.3 Å². The minimum Gasteiger partial charge on any atom is -0.494 e. The summed E-state index contributed by atoms with van der Waals surface area (Å²) in [6.07, 6.45) is 2.55. The van der Waals surface area contributed by atoms with Gasteiger partial charge in [-0.05, 0) is 62.1 Å². The number of fused-ring (bicyclic) bond motifs is 2. The van der Waals surface area contributed by atoms with Gasteiger partial charge in [-0.15, -0.1) is 0 Å². The minimum atomic E-state index is -0.373. The lowest BCUT2D eigenvalue weighted by Crippen LogP contribution is -2.05. The minimum absolute atomic E-state index is 0.323. The van der Waals surface area contributed by atoms with Gasteiger partial charge in [-0.25, -0.2) is 9.78 Å². The quantitative estimate of drug-likeness (QED) is 0.338. The lowest BCUT2D eigenvalue weighted by molar-refractivity contribution is 0.0526. The van der Waals surface area contributed by atoms with E-state index >= 15 is 0 Å². The summed E-state index contributed by atoms with van der Waals surface area (Å²) in [6.45, 7) is 3.10. The third kappa shape index (κ3) is 3.51. The predicted molar refractivity (Wildman–Crippen MR) is 125 cm³/mol. The molecule has 0 spiro atoms. The van der Waals surface area contributed by atoms with Crippen LogP contribution in [0.4, 0.5) is 0 Å². The molecular formula is C24H24BrN3O3. The van der Waals surface area contributed by atoms with E-state index in [9.17, 15) is 4.79 Å². The first-order valence-corrected chi connectivity index (χ1v) is 11.3. The van der Waals surface area contributed by atoms with Crippen molar-refractivity contribution in [3.05, 3.63) is 46.4 Å². The molecule has 2 aromatic heterocycles. The van der Waals surface area contributed by atoms with Crippen LogP contribution in [0.5, 0.6) is 5.75 Å². The van der Waals surface area contributed by atoms with E-state index in [1.54, 1.807) is 26.2 Å². The van der Waals surface area contributed by atoms with E-state index in [4.69, 9.17) is 14.5 Å². The largest absolute Gasteiger partial charge is 0.494 e. The van der Waals surface area contributed by atoms with Crippen molar-refractivity contribution in [3.8, 4) is 17.3 Å². The molecule has 1 aliphatic carbocycles. The number of rotatable bonds is 6. The highest BCUT2D eigenvalue weighted by Crippen LogP contribution is 2.38. The van der Waals surface area contributed by atoms with Crippen LogP contribution in [0.2, 0.25) is 0 Å². The number of esters is 1. The summed E-state index contributed by atoms with van der Waals surface area (Å²) in [5.74, 6) is 1.80. The first-order chi connectivity index (χ1) is 15.0. The molecule has 2 heterocycles. The van der Waals surface area contributed by atoms with Crippen LogP contribution in [0, 0.1) is 5.92 Å². The second-order valence-corrected chi connectivity index (χ2v) is 8.96. The zero-order valence-corrected chi connectivity index (χ0v) is 19.4. The van der Waals surface area contributed by atoms with Crippen LogP contribution >= 0.6 is 15.9 Å². The van der Waals surface area contributed by atoms with Crippen LogP contribution in [-0.2, 0) is 18.3 Å². The number of methoxy groups -OCH3 is 1. The average molecular weight is 482 g/mol. The fourth-order valence-electron chi connectivity index (χ4n) is 4.21. The smallest absolute Gasteiger partial charge is 0.338 e. The second kappa shape index (κ2) is 7.71. The Hall–Kier alpha value is -2.80. The number of aryl methyl sites for hydroxylation is 1. The summed E-state index contributed by atoms with van der Waals surface area (Å²) in [4.78, 5) is 17.3. The number of nitrogens with zero attached hydrogens (tertiary/aromatic N) is 3. The highest BCUT2D eigenvalue weighted by molar-refractivity contribution is 9.10. The molecule has 1 fully saturated rings. The van der Waals surface area contributed by atoms with Crippen molar-refractivity contribution in [2.75, 3.05) is 13.7 Å². The lowest BCUT2D eigenvalue weighted by atomic mass is 10.2. The number of ether oxygens (including phenoxy) is 2. The molecule has 5 rings (SSSR count). The van der Waals surface area contributed by atoms with Gasteiger partial charge < -0.3 is 18.6 Å². The molecule has 160 valence electrons. The van der Waals surface area contributed by atoms with E-state index in [0.29, 0.717) is 23.4 Å². The molecule has 2 aromatic carbocycles. The Morgan fingerprint density at radius 3 is 2.74 bits per heavy atom. The zero-order valence-electron chi connectivity index (χ0n) is 17.8. The number of aromatic nitrogens is 3. The van der Waals surface area contributed by atoms with Crippen molar-refractivity contribution in [1.82, 2.24) is 14.1 Å². The van der Waals surface area contributed by atoms with Gasteiger partial charge in [-0.3, -0.25) is 0 Å². The van der Waals surface area contributed by atoms with Crippen LogP contribution in [0.1, 0.15) is 30.1 Å². The van der Waals surface area contributed by atoms with Gasteiger partial charge in [0.1, 0.15) is 11.3 Å². The maximum absolute atomic E-state index is 12.3. The number of halogens is 1. The Morgan fingerprint density at radius 2 is 2.03 bits per heavy atom. The second-order valence-electron chi connectivity index (χ2n) is 8.05. The molecule has 0 bridgehead atoms. The SMILES string of the molecule is CCOC(=O)c1cc(OC)c2c(c1)nc(-c1cc3cc(Br)ccc3n1CC1CC1)n2C. The molecule has 7 heteroatoms. The highest BCUT2D eigenvalue weighted by atomic mass is 79.9. The topological polar surface area (TPSA) is 58.3 Å². The van der Waals surface area contributed by atoms with Gasteiger partial charge >= 0.3 is 5.97 Å². The van der Waals surface area contributed by atoms with Crippen molar-refractivity contribution in [3.63, 3.8) is 0 Å². The number of hydrogen-bond donors (Lipinski definition) is 0. The van der Waals surface area contributed by atoms with Crippen molar-refractivity contribution < 1.29 is 14.3 Å². The summed E-state index contributed by atoms with van der Waals surface area (Å²) < 4.78 is 16.3. The molecule has 0 unspecified atom stereocenters. The van der Waals surface area contributed by atoms with E-state index in [1.165, 1.54) is 23.7 Å². The molecule has 4 aromatic rings. The Bertz CT molecular complexity index is 1320. The first-order valence-electron chi connectivity index (χ1n) is 10.5. The maximum Gasteiger partial charge on any atom is 0.338 e. The van der Waals surface area contributed by atoms with Crippen LogP contribution < -0.4 is 4.74 Å². The summed E-state index contributed by atoms with van der Waals surface area (Å²) >= 11 is 3.59. The van der Waals surface area contributed by atoms with Gasteiger partial charge in [-0.1, -0.05) is 15.9 Å². The summed E-state index contributed by atoms with van der Waals surface area (Å²) in [5, 5.41) is 1.18. The Morgan fingerprint density at radius 1 is 1.23 bits per heavy atom. The van der Waals surface area contributed by atoms with Crippen LogP contribution in [0.25, 0.3) is 33.5 Å². The van der Waals surface area contributed by atoms with Crippen molar-refractivity contribution >= 4 is 43.8 Å². The van der Waals surface area contributed by atoms with Crippen LogP contribution in [-0.4, -0.2) is 33.8 Å². The molecule has 0 radical (unpaired) electrons. The van der Waals surface area contributed by atoms with Gasteiger partial charge in [0.2, 0.25) is 0 Å².